The number of hydrogen-bond acceptors (Lipinski definition) is 2. The van der Waals surface area contributed by atoms with E-state index in [9.17, 15) is 13.2 Å². The molecule has 0 saturated carbocycles. The molecule has 0 aliphatic heterocycles. The highest BCUT2D eigenvalue weighted by Gasteiger charge is 2.33. The van der Waals surface area contributed by atoms with Crippen molar-refractivity contribution in [3.63, 3.8) is 0 Å². The van der Waals surface area contributed by atoms with Crippen LogP contribution >= 0.6 is 0 Å². The molecule has 1 heterocycles. The molecule has 0 amide bonds. The highest BCUT2D eigenvalue weighted by atomic mass is 19.4. The van der Waals surface area contributed by atoms with Crippen LogP contribution < -0.4 is 5.73 Å². The average Bonchev–Trinajstić information content (AvgIpc) is 2.04. The number of aromatic nitrogens is 1. The minimum absolute atomic E-state index is 0.0116. The first-order chi connectivity index (χ1) is 6.05. The van der Waals surface area contributed by atoms with Gasteiger partial charge in [-0.3, -0.25) is 4.98 Å². The molecule has 0 fully saturated rings. The van der Waals surface area contributed by atoms with Crippen LogP contribution in [0.3, 0.4) is 0 Å². The van der Waals surface area contributed by atoms with Crippen molar-refractivity contribution in [1.29, 1.82) is 0 Å². The highest BCUT2D eigenvalue weighted by Crippen LogP contribution is 2.30. The van der Waals surface area contributed by atoms with Crippen molar-refractivity contribution >= 4 is 0 Å². The first kappa shape index (κ1) is 9.98. The third-order valence-corrected chi connectivity index (χ3v) is 1.58. The summed E-state index contributed by atoms with van der Waals surface area (Å²) in [5, 5.41) is 0. The van der Waals surface area contributed by atoms with E-state index < -0.39 is 11.7 Å². The van der Waals surface area contributed by atoms with Crippen LogP contribution in [0.5, 0.6) is 0 Å². The van der Waals surface area contributed by atoms with Gasteiger partial charge in [0.2, 0.25) is 0 Å². The number of hydrogen-bond donors (Lipinski definition) is 1. The van der Waals surface area contributed by atoms with Gasteiger partial charge in [0.25, 0.3) is 0 Å². The Kier molecular flexibility index (Phi) is 2.87. The Bertz CT molecular complexity index is 283. The average molecular weight is 190 g/mol. The largest absolute Gasteiger partial charge is 0.418 e. The normalized spacial score (nSPS) is 11.7. The quantitative estimate of drug-likeness (QED) is 0.769. The molecule has 0 saturated heterocycles. The number of alkyl halides is 3. The summed E-state index contributed by atoms with van der Waals surface area (Å²) >= 11 is 0. The van der Waals surface area contributed by atoms with Crippen molar-refractivity contribution in [1.82, 2.24) is 4.98 Å². The fourth-order valence-corrected chi connectivity index (χ4v) is 1.03. The van der Waals surface area contributed by atoms with Crippen LogP contribution in [0.15, 0.2) is 18.3 Å². The summed E-state index contributed by atoms with van der Waals surface area (Å²) in [7, 11) is 0. The van der Waals surface area contributed by atoms with Gasteiger partial charge in [0.15, 0.2) is 0 Å². The summed E-state index contributed by atoms with van der Waals surface area (Å²) in [6.07, 6.45) is -2.85. The van der Waals surface area contributed by atoms with E-state index in [1.54, 1.807) is 0 Å². The van der Waals surface area contributed by atoms with Gasteiger partial charge >= 0.3 is 6.18 Å². The minimum atomic E-state index is -4.33. The molecule has 0 spiro atoms. The van der Waals surface area contributed by atoms with E-state index in [1.807, 2.05) is 0 Å². The molecule has 0 bridgehead atoms. The van der Waals surface area contributed by atoms with E-state index in [4.69, 9.17) is 5.73 Å². The van der Waals surface area contributed by atoms with E-state index in [0.29, 0.717) is 0 Å². The van der Waals surface area contributed by atoms with Gasteiger partial charge < -0.3 is 5.73 Å². The molecule has 0 aliphatic rings. The lowest BCUT2D eigenvalue weighted by Crippen LogP contribution is -2.13. The second-order valence-electron chi connectivity index (χ2n) is 2.53. The molecule has 2 nitrogen and oxygen atoms in total. The maximum absolute atomic E-state index is 12.3. The molecule has 1 aromatic rings. The van der Waals surface area contributed by atoms with Crippen LogP contribution in [0.4, 0.5) is 13.2 Å². The van der Waals surface area contributed by atoms with Crippen LogP contribution in [0.25, 0.3) is 0 Å². The van der Waals surface area contributed by atoms with Gasteiger partial charge in [-0.1, -0.05) is 0 Å². The third kappa shape index (κ3) is 2.42. The first-order valence-electron chi connectivity index (χ1n) is 3.77. The van der Waals surface area contributed by atoms with Gasteiger partial charge in [-0.15, -0.1) is 0 Å². The Labute approximate surface area is 73.6 Å². The zero-order chi connectivity index (χ0) is 9.90. The van der Waals surface area contributed by atoms with Gasteiger partial charge in [0.1, 0.15) is 0 Å². The molecule has 5 heteroatoms. The van der Waals surface area contributed by atoms with Crippen molar-refractivity contribution in [3.8, 4) is 0 Å². The van der Waals surface area contributed by atoms with Gasteiger partial charge in [-0.25, -0.2) is 0 Å². The van der Waals surface area contributed by atoms with Crippen molar-refractivity contribution in [2.24, 2.45) is 5.73 Å². The second kappa shape index (κ2) is 3.74. The van der Waals surface area contributed by atoms with E-state index in [1.165, 1.54) is 12.3 Å². The van der Waals surface area contributed by atoms with Crippen LogP contribution in [0.1, 0.15) is 11.3 Å². The maximum Gasteiger partial charge on any atom is 0.418 e. The highest BCUT2D eigenvalue weighted by molar-refractivity contribution is 5.23. The summed E-state index contributed by atoms with van der Waals surface area (Å²) in [5.41, 5.74) is 4.48. The van der Waals surface area contributed by atoms with E-state index in [2.05, 4.69) is 4.98 Å². The van der Waals surface area contributed by atoms with Crippen molar-refractivity contribution in [2.45, 2.75) is 12.6 Å². The second-order valence-corrected chi connectivity index (χ2v) is 2.53. The molecule has 1 aromatic heterocycles. The fraction of sp³-hybridized carbons (Fsp3) is 0.375. The van der Waals surface area contributed by atoms with Gasteiger partial charge in [-0.2, -0.15) is 13.2 Å². The first-order valence-corrected chi connectivity index (χ1v) is 3.77. The number of nitrogens with zero attached hydrogens (tertiary/aromatic N) is 1. The maximum atomic E-state index is 12.3. The molecule has 13 heavy (non-hydrogen) atoms. The van der Waals surface area contributed by atoms with E-state index in [-0.39, 0.29) is 18.7 Å². The lowest BCUT2D eigenvalue weighted by molar-refractivity contribution is -0.138. The van der Waals surface area contributed by atoms with Gasteiger partial charge in [-0.05, 0) is 18.7 Å². The SMILES string of the molecule is NCCc1ncccc1C(F)(F)F. The summed E-state index contributed by atoms with van der Waals surface area (Å²) in [6.45, 7) is 0.167. The Morgan fingerprint density at radius 3 is 2.62 bits per heavy atom. The molecule has 0 aromatic carbocycles. The van der Waals surface area contributed by atoms with Crippen molar-refractivity contribution in [2.75, 3.05) is 6.54 Å². The Morgan fingerprint density at radius 2 is 2.08 bits per heavy atom. The number of halogens is 3. The molecule has 1 rings (SSSR count). The number of pyridine rings is 1. The fourth-order valence-electron chi connectivity index (χ4n) is 1.03. The topological polar surface area (TPSA) is 38.9 Å². The zero-order valence-electron chi connectivity index (χ0n) is 6.80. The summed E-state index contributed by atoms with van der Waals surface area (Å²) in [4.78, 5) is 3.63. The van der Waals surface area contributed by atoms with Crippen molar-refractivity contribution in [3.05, 3.63) is 29.6 Å². The molecule has 2 N–H and O–H groups in total. The van der Waals surface area contributed by atoms with Gasteiger partial charge in [0.05, 0.1) is 11.3 Å². The third-order valence-electron chi connectivity index (χ3n) is 1.58. The molecule has 0 radical (unpaired) electrons. The van der Waals surface area contributed by atoms with E-state index in [0.717, 1.165) is 6.07 Å². The minimum Gasteiger partial charge on any atom is -0.330 e. The molecule has 0 unspecified atom stereocenters. The van der Waals surface area contributed by atoms with Crippen LogP contribution in [-0.2, 0) is 12.6 Å². The van der Waals surface area contributed by atoms with Crippen LogP contribution in [0.2, 0.25) is 0 Å². The Hall–Kier alpha value is -1.10. The molecule has 0 atom stereocenters. The van der Waals surface area contributed by atoms with Gasteiger partial charge in [0, 0.05) is 12.6 Å². The molecular formula is C8H9F3N2. The smallest absolute Gasteiger partial charge is 0.330 e. The van der Waals surface area contributed by atoms with Crippen LogP contribution in [-0.4, -0.2) is 11.5 Å². The summed E-state index contributed by atoms with van der Waals surface area (Å²) in [6, 6.07) is 2.28. The standard InChI is InChI=1S/C8H9F3N2/c9-8(10,11)6-2-1-5-13-7(6)3-4-12/h1-2,5H,3-4,12H2. The number of rotatable bonds is 2. The summed E-state index contributed by atoms with van der Waals surface area (Å²) in [5.74, 6) is 0. The molecule has 72 valence electrons. The Balaban J connectivity index is 3.05. The molecular weight excluding hydrogens is 181 g/mol. The Morgan fingerprint density at radius 1 is 1.38 bits per heavy atom. The van der Waals surface area contributed by atoms with Crippen molar-refractivity contribution < 1.29 is 13.2 Å². The molecule has 0 aliphatic carbocycles. The number of nitrogens with two attached hydrogens (primary N) is 1. The lowest BCUT2D eigenvalue weighted by atomic mass is 10.1. The predicted molar refractivity (Wildman–Crippen MR) is 42.0 cm³/mol. The summed E-state index contributed by atoms with van der Waals surface area (Å²) < 4.78 is 36.9. The predicted octanol–water partition coefficient (Wildman–Crippen LogP) is 1.60. The zero-order valence-corrected chi connectivity index (χ0v) is 6.80. The van der Waals surface area contributed by atoms with E-state index >= 15 is 0 Å². The monoisotopic (exact) mass is 190 g/mol. The lowest BCUT2D eigenvalue weighted by Gasteiger charge is -2.10. The van der Waals surface area contributed by atoms with Crippen LogP contribution in [0, 0.1) is 0 Å².